The predicted octanol–water partition coefficient (Wildman–Crippen LogP) is 0.0241. The molecule has 0 saturated carbocycles. The predicted molar refractivity (Wildman–Crippen MR) is 62.2 cm³/mol. The van der Waals surface area contributed by atoms with E-state index in [9.17, 15) is 0 Å². The van der Waals surface area contributed by atoms with Gasteiger partial charge in [-0.1, -0.05) is 0 Å². The topological polar surface area (TPSA) is 66.6 Å². The van der Waals surface area contributed by atoms with Gasteiger partial charge >= 0.3 is 0 Å². The van der Waals surface area contributed by atoms with Crippen molar-refractivity contribution in [3.05, 3.63) is 30.2 Å². The molecule has 2 aromatic heterocycles. The lowest BCUT2D eigenvalue weighted by Gasteiger charge is -2.09. The van der Waals surface area contributed by atoms with Gasteiger partial charge < -0.3 is 10.6 Å². The van der Waals surface area contributed by atoms with E-state index in [1.54, 1.807) is 24.0 Å². The molecule has 0 aliphatic rings. The molecule has 0 aliphatic heterocycles. The van der Waals surface area contributed by atoms with Gasteiger partial charge in [-0.05, 0) is 6.07 Å². The molecule has 2 heterocycles. The molecule has 2 rings (SSSR count). The van der Waals surface area contributed by atoms with Crippen LogP contribution in [0, 0.1) is 0 Å². The fraction of sp³-hybridized carbons (Fsp3) is 0.300. The molecule has 0 amide bonds. The Labute approximate surface area is 93.4 Å². The lowest BCUT2D eigenvalue weighted by Crippen LogP contribution is -2.34. The maximum atomic E-state index is 4.20. The third-order valence-electron chi connectivity index (χ3n) is 2.27. The largest absolute Gasteiger partial charge is 0.359 e. The van der Waals surface area contributed by atoms with Crippen molar-refractivity contribution in [2.45, 2.75) is 6.54 Å². The summed E-state index contributed by atoms with van der Waals surface area (Å²) in [6.07, 6.45) is 3.51. The minimum atomic E-state index is 0.647. The van der Waals surface area contributed by atoms with Crippen molar-refractivity contribution in [1.29, 1.82) is 0 Å². The molecule has 0 unspecified atom stereocenters. The van der Waals surface area contributed by atoms with E-state index in [1.807, 2.05) is 19.2 Å². The first-order chi connectivity index (χ1) is 7.85. The van der Waals surface area contributed by atoms with Crippen LogP contribution in [0.1, 0.15) is 5.69 Å². The average Bonchev–Trinajstić information content (AvgIpc) is 2.79. The van der Waals surface area contributed by atoms with Crippen LogP contribution < -0.4 is 10.6 Å². The molecule has 6 nitrogen and oxygen atoms in total. The Kier molecular flexibility index (Phi) is 3.00. The van der Waals surface area contributed by atoms with E-state index in [-0.39, 0.29) is 0 Å². The lowest BCUT2D eigenvalue weighted by atomic mass is 10.4. The van der Waals surface area contributed by atoms with Crippen LogP contribution in [-0.4, -0.2) is 34.7 Å². The second kappa shape index (κ2) is 4.61. The Bertz CT molecular complexity index is 501. The van der Waals surface area contributed by atoms with Crippen LogP contribution >= 0.6 is 0 Å². The summed E-state index contributed by atoms with van der Waals surface area (Å²) in [4.78, 5) is 8.23. The highest BCUT2D eigenvalue weighted by molar-refractivity contribution is 5.79. The van der Waals surface area contributed by atoms with Crippen molar-refractivity contribution in [3.8, 4) is 0 Å². The Morgan fingerprint density at radius 3 is 3.06 bits per heavy atom. The fourth-order valence-electron chi connectivity index (χ4n) is 1.47. The number of guanidine groups is 1. The molecule has 0 aliphatic carbocycles. The lowest BCUT2D eigenvalue weighted by molar-refractivity contribution is 0.773. The normalized spacial score (nSPS) is 11.8. The zero-order valence-corrected chi connectivity index (χ0v) is 9.31. The standard InChI is InChI=1S/C10H14N6/c1-11-10(12-2)14-7-8-3-5-13-9-4-6-15-16(8)9/h3-6H,7H2,1-2H3,(H2,11,12,14). The van der Waals surface area contributed by atoms with Gasteiger partial charge in [0.1, 0.15) is 0 Å². The van der Waals surface area contributed by atoms with Crippen LogP contribution in [0.5, 0.6) is 0 Å². The van der Waals surface area contributed by atoms with Gasteiger partial charge in [0.2, 0.25) is 0 Å². The summed E-state index contributed by atoms with van der Waals surface area (Å²) in [7, 11) is 3.56. The number of aromatic nitrogens is 3. The van der Waals surface area contributed by atoms with Crippen molar-refractivity contribution in [2.75, 3.05) is 14.1 Å². The molecule has 0 saturated heterocycles. The SMILES string of the molecule is CN=C(NC)NCc1ccnc2ccnn12. The van der Waals surface area contributed by atoms with Gasteiger partial charge in [0.05, 0.1) is 18.4 Å². The number of hydrogen-bond acceptors (Lipinski definition) is 3. The zero-order valence-electron chi connectivity index (χ0n) is 9.31. The van der Waals surface area contributed by atoms with Gasteiger partial charge in [-0.3, -0.25) is 4.99 Å². The molecule has 0 radical (unpaired) electrons. The highest BCUT2D eigenvalue weighted by Crippen LogP contribution is 2.02. The summed E-state index contributed by atoms with van der Waals surface area (Å²) in [5.41, 5.74) is 1.88. The minimum absolute atomic E-state index is 0.647. The number of fused-ring (bicyclic) bond motifs is 1. The molecule has 0 fully saturated rings. The number of hydrogen-bond donors (Lipinski definition) is 2. The third-order valence-corrected chi connectivity index (χ3v) is 2.27. The van der Waals surface area contributed by atoms with Gasteiger partial charge in [-0.25, -0.2) is 9.50 Å². The molecule has 2 aromatic rings. The molecular weight excluding hydrogens is 204 g/mol. The monoisotopic (exact) mass is 218 g/mol. The molecular formula is C10H14N6. The Balaban J connectivity index is 2.18. The first kappa shape index (κ1) is 10.4. The second-order valence-corrected chi connectivity index (χ2v) is 3.21. The van der Waals surface area contributed by atoms with Gasteiger partial charge in [0.15, 0.2) is 11.6 Å². The first-order valence-corrected chi connectivity index (χ1v) is 5.01. The molecule has 16 heavy (non-hydrogen) atoms. The van der Waals surface area contributed by atoms with Crippen LogP contribution in [0.15, 0.2) is 29.5 Å². The van der Waals surface area contributed by atoms with Crippen LogP contribution in [0.2, 0.25) is 0 Å². The van der Waals surface area contributed by atoms with Gasteiger partial charge in [0.25, 0.3) is 0 Å². The number of aliphatic imine (C=N–C) groups is 1. The number of nitrogens with zero attached hydrogens (tertiary/aromatic N) is 4. The summed E-state index contributed by atoms with van der Waals surface area (Å²) in [6, 6.07) is 3.80. The van der Waals surface area contributed by atoms with Crippen molar-refractivity contribution < 1.29 is 0 Å². The van der Waals surface area contributed by atoms with E-state index in [1.165, 1.54) is 0 Å². The van der Waals surface area contributed by atoms with Crippen molar-refractivity contribution >= 4 is 11.6 Å². The van der Waals surface area contributed by atoms with Crippen molar-refractivity contribution in [3.63, 3.8) is 0 Å². The smallest absolute Gasteiger partial charge is 0.191 e. The highest BCUT2D eigenvalue weighted by atomic mass is 15.3. The van der Waals surface area contributed by atoms with Crippen LogP contribution in [0.25, 0.3) is 5.65 Å². The summed E-state index contributed by atoms with van der Waals surface area (Å²) in [5.74, 6) is 0.747. The minimum Gasteiger partial charge on any atom is -0.359 e. The van der Waals surface area contributed by atoms with Crippen LogP contribution in [-0.2, 0) is 6.54 Å². The van der Waals surface area contributed by atoms with Gasteiger partial charge in [0, 0.05) is 26.4 Å². The Morgan fingerprint density at radius 1 is 1.44 bits per heavy atom. The molecule has 84 valence electrons. The molecule has 0 bridgehead atoms. The van der Waals surface area contributed by atoms with E-state index in [0.717, 1.165) is 17.3 Å². The van der Waals surface area contributed by atoms with Crippen LogP contribution in [0.3, 0.4) is 0 Å². The average molecular weight is 218 g/mol. The number of nitrogens with one attached hydrogen (secondary N) is 2. The summed E-state index contributed by atoms with van der Waals surface area (Å²) in [6.45, 7) is 0.647. The van der Waals surface area contributed by atoms with Gasteiger partial charge in [-0.15, -0.1) is 0 Å². The highest BCUT2D eigenvalue weighted by Gasteiger charge is 2.02. The summed E-state index contributed by atoms with van der Waals surface area (Å²) < 4.78 is 1.80. The molecule has 2 N–H and O–H groups in total. The van der Waals surface area contributed by atoms with Crippen molar-refractivity contribution in [1.82, 2.24) is 25.2 Å². The molecule has 6 heteroatoms. The third kappa shape index (κ3) is 1.95. The van der Waals surface area contributed by atoms with E-state index < -0.39 is 0 Å². The van der Waals surface area contributed by atoms with E-state index >= 15 is 0 Å². The molecule has 0 atom stereocenters. The summed E-state index contributed by atoms with van der Waals surface area (Å²) >= 11 is 0. The van der Waals surface area contributed by atoms with Gasteiger partial charge in [-0.2, -0.15) is 5.10 Å². The summed E-state index contributed by atoms with van der Waals surface area (Å²) in [5, 5.41) is 10.3. The van der Waals surface area contributed by atoms with Crippen LogP contribution in [0.4, 0.5) is 0 Å². The Morgan fingerprint density at radius 2 is 2.31 bits per heavy atom. The maximum absolute atomic E-state index is 4.20. The quantitative estimate of drug-likeness (QED) is 0.551. The van der Waals surface area contributed by atoms with E-state index in [2.05, 4.69) is 25.7 Å². The Hall–Kier alpha value is -2.11. The fourth-order valence-corrected chi connectivity index (χ4v) is 1.47. The maximum Gasteiger partial charge on any atom is 0.191 e. The zero-order chi connectivity index (χ0) is 11.4. The first-order valence-electron chi connectivity index (χ1n) is 5.01. The number of rotatable bonds is 2. The second-order valence-electron chi connectivity index (χ2n) is 3.21. The van der Waals surface area contributed by atoms with E-state index in [0.29, 0.717) is 6.54 Å². The molecule has 0 spiro atoms. The van der Waals surface area contributed by atoms with Crippen molar-refractivity contribution in [2.24, 2.45) is 4.99 Å². The van der Waals surface area contributed by atoms with E-state index in [4.69, 9.17) is 0 Å². The molecule has 0 aromatic carbocycles.